The number of hydrogen-bond acceptors (Lipinski definition) is 3. The molecule has 0 unspecified atom stereocenters. The van der Waals surface area contributed by atoms with Crippen molar-refractivity contribution in [2.75, 3.05) is 25.0 Å². The monoisotopic (exact) mass is 398 g/mol. The van der Waals surface area contributed by atoms with Gasteiger partial charge in [0.1, 0.15) is 0 Å². The molecular weight excluding hydrogens is 377 g/mol. The van der Waals surface area contributed by atoms with Crippen molar-refractivity contribution < 1.29 is 21.6 Å². The van der Waals surface area contributed by atoms with Crippen LogP contribution in [0, 0.1) is 0 Å². The molecule has 0 spiro atoms. The Labute approximate surface area is 157 Å². The first-order valence-electron chi connectivity index (χ1n) is 8.66. The van der Waals surface area contributed by atoms with Crippen LogP contribution in [0.5, 0.6) is 0 Å². The topological polar surface area (TPSA) is 40.6 Å². The zero-order valence-electron chi connectivity index (χ0n) is 14.9. The van der Waals surface area contributed by atoms with Crippen molar-refractivity contribution in [3.63, 3.8) is 0 Å². The highest BCUT2D eigenvalue weighted by Gasteiger charge is 2.31. The molecule has 2 aromatic carbocycles. The molecule has 1 aliphatic heterocycles. The van der Waals surface area contributed by atoms with E-state index in [-0.39, 0.29) is 11.4 Å². The summed E-state index contributed by atoms with van der Waals surface area (Å²) >= 11 is 0. The fourth-order valence-corrected chi connectivity index (χ4v) is 4.38. The third-order valence-electron chi connectivity index (χ3n) is 4.72. The zero-order chi connectivity index (χ0) is 19.7. The minimum absolute atomic E-state index is 0.149. The number of alkyl halides is 3. The number of halogens is 3. The SMILES string of the molecule is CN(Cc1ccccc1N1CCCC1)S(=O)(=O)c1ccc(C(F)(F)F)cc1. The second kappa shape index (κ2) is 7.52. The lowest BCUT2D eigenvalue weighted by atomic mass is 10.1. The summed E-state index contributed by atoms with van der Waals surface area (Å²) in [4.78, 5) is 2.07. The molecule has 1 saturated heterocycles. The molecule has 1 heterocycles. The summed E-state index contributed by atoms with van der Waals surface area (Å²) in [6.45, 7) is 2.02. The van der Waals surface area contributed by atoms with Crippen LogP contribution >= 0.6 is 0 Å². The van der Waals surface area contributed by atoms with Crippen molar-refractivity contribution >= 4 is 15.7 Å². The van der Waals surface area contributed by atoms with Gasteiger partial charge >= 0.3 is 6.18 Å². The van der Waals surface area contributed by atoms with Crippen LogP contribution < -0.4 is 4.90 Å². The van der Waals surface area contributed by atoms with Crippen molar-refractivity contribution in [1.82, 2.24) is 4.31 Å². The highest BCUT2D eigenvalue weighted by atomic mass is 32.2. The first-order valence-corrected chi connectivity index (χ1v) is 10.1. The van der Waals surface area contributed by atoms with Crippen LogP contribution in [0.3, 0.4) is 0 Å². The van der Waals surface area contributed by atoms with Crippen LogP contribution in [0.15, 0.2) is 53.4 Å². The second-order valence-electron chi connectivity index (χ2n) is 6.61. The van der Waals surface area contributed by atoms with Gasteiger partial charge in [-0.15, -0.1) is 0 Å². The van der Waals surface area contributed by atoms with Gasteiger partial charge in [0.15, 0.2) is 0 Å². The highest BCUT2D eigenvalue weighted by Crippen LogP contribution is 2.31. The Morgan fingerprint density at radius 3 is 2.19 bits per heavy atom. The van der Waals surface area contributed by atoms with Gasteiger partial charge in [-0.2, -0.15) is 17.5 Å². The van der Waals surface area contributed by atoms with Crippen molar-refractivity contribution in [3.8, 4) is 0 Å². The van der Waals surface area contributed by atoms with E-state index in [2.05, 4.69) is 4.90 Å². The summed E-state index contributed by atoms with van der Waals surface area (Å²) in [6.07, 6.45) is -2.29. The number of para-hydroxylation sites is 1. The molecule has 27 heavy (non-hydrogen) atoms. The van der Waals surface area contributed by atoms with Gasteiger partial charge in [-0.05, 0) is 48.7 Å². The third kappa shape index (κ3) is 4.27. The van der Waals surface area contributed by atoms with E-state index in [0.29, 0.717) is 0 Å². The third-order valence-corrected chi connectivity index (χ3v) is 6.54. The van der Waals surface area contributed by atoms with E-state index >= 15 is 0 Å². The Morgan fingerprint density at radius 2 is 1.59 bits per heavy atom. The lowest BCUT2D eigenvalue weighted by molar-refractivity contribution is -0.137. The first kappa shape index (κ1) is 19.7. The highest BCUT2D eigenvalue weighted by molar-refractivity contribution is 7.89. The Morgan fingerprint density at radius 1 is 1.00 bits per heavy atom. The zero-order valence-corrected chi connectivity index (χ0v) is 15.7. The molecule has 0 saturated carbocycles. The minimum atomic E-state index is -4.50. The summed E-state index contributed by atoms with van der Waals surface area (Å²) in [5.41, 5.74) is 1.00. The number of anilines is 1. The smallest absolute Gasteiger partial charge is 0.371 e. The van der Waals surface area contributed by atoms with Gasteiger partial charge in [0.2, 0.25) is 10.0 Å². The molecule has 0 radical (unpaired) electrons. The standard InChI is InChI=1S/C19H21F3N2O2S/c1-23(14-15-6-2-3-7-18(15)24-12-4-5-13-24)27(25,26)17-10-8-16(9-11-17)19(20,21)22/h2-3,6-11H,4-5,12-14H2,1H3. The Balaban J connectivity index is 1.82. The van der Waals surface area contributed by atoms with E-state index in [9.17, 15) is 21.6 Å². The second-order valence-corrected chi connectivity index (χ2v) is 8.65. The van der Waals surface area contributed by atoms with Crippen LogP contribution in [0.2, 0.25) is 0 Å². The Bertz CT molecular complexity index is 890. The van der Waals surface area contributed by atoms with Gasteiger partial charge in [-0.1, -0.05) is 18.2 Å². The summed E-state index contributed by atoms with van der Waals surface area (Å²) < 4.78 is 64.8. The van der Waals surface area contributed by atoms with Crippen LogP contribution in [0.4, 0.5) is 18.9 Å². The maximum atomic E-state index is 12.8. The van der Waals surface area contributed by atoms with E-state index in [1.165, 1.54) is 11.4 Å². The van der Waals surface area contributed by atoms with Crippen molar-refractivity contribution in [3.05, 3.63) is 59.7 Å². The molecule has 0 bridgehead atoms. The molecular formula is C19H21F3N2O2S. The van der Waals surface area contributed by atoms with Gasteiger partial charge in [0.25, 0.3) is 0 Å². The molecule has 4 nitrogen and oxygen atoms in total. The van der Waals surface area contributed by atoms with Crippen LogP contribution in [0.25, 0.3) is 0 Å². The van der Waals surface area contributed by atoms with E-state index in [1.54, 1.807) is 0 Å². The fourth-order valence-electron chi connectivity index (χ4n) is 3.23. The number of benzene rings is 2. The predicted octanol–water partition coefficient (Wildman–Crippen LogP) is 4.13. The molecule has 1 fully saturated rings. The molecule has 0 aromatic heterocycles. The maximum absolute atomic E-state index is 12.8. The molecule has 0 aliphatic carbocycles. The van der Waals surface area contributed by atoms with E-state index in [4.69, 9.17) is 0 Å². The maximum Gasteiger partial charge on any atom is 0.416 e. The van der Waals surface area contributed by atoms with Gasteiger partial charge in [0, 0.05) is 32.4 Å². The van der Waals surface area contributed by atoms with Crippen LogP contribution in [-0.2, 0) is 22.7 Å². The summed E-state index contributed by atoms with van der Waals surface area (Å²) in [5, 5.41) is 0. The van der Waals surface area contributed by atoms with E-state index in [0.717, 1.165) is 61.4 Å². The average molecular weight is 398 g/mol. The quantitative estimate of drug-likeness (QED) is 0.761. The lowest BCUT2D eigenvalue weighted by Crippen LogP contribution is -2.28. The number of sulfonamides is 1. The Kier molecular flexibility index (Phi) is 5.48. The van der Waals surface area contributed by atoms with E-state index in [1.807, 2.05) is 24.3 Å². The number of hydrogen-bond donors (Lipinski definition) is 0. The molecule has 2 aromatic rings. The molecule has 0 amide bonds. The largest absolute Gasteiger partial charge is 0.416 e. The molecule has 8 heteroatoms. The van der Waals surface area contributed by atoms with Crippen molar-refractivity contribution in [1.29, 1.82) is 0 Å². The summed E-state index contributed by atoms with van der Waals surface area (Å²) in [7, 11) is -2.45. The number of rotatable bonds is 5. The number of nitrogens with zero attached hydrogens (tertiary/aromatic N) is 2. The molecule has 0 N–H and O–H groups in total. The molecule has 0 atom stereocenters. The van der Waals surface area contributed by atoms with Gasteiger partial charge in [-0.3, -0.25) is 0 Å². The van der Waals surface area contributed by atoms with Crippen molar-refractivity contribution in [2.45, 2.75) is 30.5 Å². The lowest BCUT2D eigenvalue weighted by Gasteiger charge is -2.24. The summed E-state index contributed by atoms with van der Waals surface area (Å²) in [5.74, 6) is 0. The van der Waals surface area contributed by atoms with Crippen LogP contribution in [-0.4, -0.2) is 32.9 Å². The minimum Gasteiger partial charge on any atom is -0.371 e. The summed E-state index contributed by atoms with van der Waals surface area (Å²) in [6, 6.07) is 11.2. The average Bonchev–Trinajstić information content (AvgIpc) is 3.16. The molecule has 3 rings (SSSR count). The van der Waals surface area contributed by atoms with Gasteiger partial charge in [-0.25, -0.2) is 8.42 Å². The van der Waals surface area contributed by atoms with Gasteiger partial charge < -0.3 is 4.90 Å². The van der Waals surface area contributed by atoms with E-state index < -0.39 is 21.8 Å². The first-order chi connectivity index (χ1) is 12.7. The normalized spacial score (nSPS) is 15.5. The predicted molar refractivity (Wildman–Crippen MR) is 98.0 cm³/mol. The van der Waals surface area contributed by atoms with Gasteiger partial charge in [0.05, 0.1) is 10.5 Å². The Hall–Kier alpha value is -2.06. The van der Waals surface area contributed by atoms with Crippen molar-refractivity contribution in [2.24, 2.45) is 0 Å². The molecule has 1 aliphatic rings. The van der Waals surface area contributed by atoms with Crippen LogP contribution in [0.1, 0.15) is 24.0 Å². The fraction of sp³-hybridized carbons (Fsp3) is 0.368. The molecule has 146 valence electrons.